The average molecular weight is 156 g/mol. The molecule has 1 saturated heterocycles. The standard InChI is InChI=1S/C8H12O3/c1-5-6(4-9)11-7(10)8(5,2)3/h4-5,9H,1-3H3/b6-4+/t5-/m1/s1. The number of aliphatic hydroxyl groups excluding tert-OH is 1. The van der Waals surface area contributed by atoms with Gasteiger partial charge in [-0.1, -0.05) is 6.92 Å². The van der Waals surface area contributed by atoms with E-state index in [-0.39, 0.29) is 11.9 Å². The van der Waals surface area contributed by atoms with Gasteiger partial charge in [-0.15, -0.1) is 0 Å². The van der Waals surface area contributed by atoms with Crippen molar-refractivity contribution in [2.24, 2.45) is 11.3 Å². The minimum Gasteiger partial charge on any atom is -0.512 e. The molecule has 0 radical (unpaired) electrons. The first-order valence-electron chi connectivity index (χ1n) is 3.56. The third kappa shape index (κ3) is 1.00. The molecule has 1 aliphatic rings. The van der Waals surface area contributed by atoms with E-state index in [0.717, 1.165) is 6.26 Å². The Hall–Kier alpha value is -0.990. The zero-order valence-corrected chi connectivity index (χ0v) is 6.92. The number of ether oxygens (including phenoxy) is 1. The van der Waals surface area contributed by atoms with Crippen molar-refractivity contribution in [3.8, 4) is 0 Å². The Morgan fingerprint density at radius 1 is 1.64 bits per heavy atom. The number of aliphatic hydroxyl groups is 1. The Labute approximate surface area is 65.7 Å². The second kappa shape index (κ2) is 2.26. The maximum Gasteiger partial charge on any atom is 0.317 e. The van der Waals surface area contributed by atoms with Crippen molar-refractivity contribution in [1.82, 2.24) is 0 Å². The molecule has 1 heterocycles. The summed E-state index contributed by atoms with van der Waals surface area (Å²) in [6.45, 7) is 5.46. The summed E-state index contributed by atoms with van der Waals surface area (Å²) in [4.78, 5) is 11.1. The lowest BCUT2D eigenvalue weighted by Crippen LogP contribution is -2.23. The van der Waals surface area contributed by atoms with Gasteiger partial charge in [0.2, 0.25) is 0 Å². The third-order valence-corrected chi connectivity index (χ3v) is 2.37. The van der Waals surface area contributed by atoms with Gasteiger partial charge in [0.1, 0.15) is 12.0 Å². The quantitative estimate of drug-likeness (QED) is 0.428. The summed E-state index contributed by atoms with van der Waals surface area (Å²) >= 11 is 0. The van der Waals surface area contributed by atoms with Crippen LogP contribution in [0.25, 0.3) is 0 Å². The summed E-state index contributed by atoms with van der Waals surface area (Å²) in [5.74, 6) is 0.0466. The SMILES string of the molecule is C[C@@H]1/C(=C\O)OC(=O)C1(C)C. The van der Waals surface area contributed by atoms with Gasteiger partial charge in [0.25, 0.3) is 0 Å². The number of cyclic esters (lactones) is 1. The van der Waals surface area contributed by atoms with Crippen LogP contribution in [0.5, 0.6) is 0 Å². The van der Waals surface area contributed by atoms with Gasteiger partial charge in [-0.3, -0.25) is 4.79 Å². The van der Waals surface area contributed by atoms with Gasteiger partial charge in [-0.2, -0.15) is 0 Å². The van der Waals surface area contributed by atoms with Gasteiger partial charge in [0.15, 0.2) is 0 Å². The lowest BCUT2D eigenvalue weighted by Gasteiger charge is -2.15. The van der Waals surface area contributed by atoms with Crippen molar-refractivity contribution < 1.29 is 14.6 Å². The van der Waals surface area contributed by atoms with Crippen LogP contribution >= 0.6 is 0 Å². The molecule has 0 spiro atoms. The highest BCUT2D eigenvalue weighted by Crippen LogP contribution is 2.40. The van der Waals surface area contributed by atoms with Crippen LogP contribution in [0.1, 0.15) is 20.8 Å². The number of hydrogen-bond acceptors (Lipinski definition) is 3. The number of hydrogen-bond donors (Lipinski definition) is 1. The number of carbonyl (C=O) groups excluding carboxylic acids is 1. The molecule has 0 bridgehead atoms. The molecule has 3 heteroatoms. The zero-order valence-electron chi connectivity index (χ0n) is 6.92. The van der Waals surface area contributed by atoms with E-state index in [4.69, 9.17) is 9.84 Å². The molecule has 1 aliphatic heterocycles. The van der Waals surface area contributed by atoms with Crippen molar-refractivity contribution in [2.45, 2.75) is 20.8 Å². The van der Waals surface area contributed by atoms with Crippen molar-refractivity contribution in [1.29, 1.82) is 0 Å². The van der Waals surface area contributed by atoms with Crippen LogP contribution in [0.15, 0.2) is 12.0 Å². The number of allylic oxidation sites excluding steroid dienone is 1. The Balaban J connectivity index is 2.98. The topological polar surface area (TPSA) is 46.5 Å². The normalized spacial score (nSPS) is 32.5. The summed E-state index contributed by atoms with van der Waals surface area (Å²) in [7, 11) is 0. The lowest BCUT2D eigenvalue weighted by molar-refractivity contribution is -0.143. The minimum atomic E-state index is -0.505. The first kappa shape index (κ1) is 8.11. The smallest absolute Gasteiger partial charge is 0.317 e. The molecule has 1 fully saturated rings. The molecule has 1 rings (SSSR count). The molecular weight excluding hydrogens is 144 g/mol. The highest BCUT2D eigenvalue weighted by atomic mass is 16.6. The maximum atomic E-state index is 11.1. The summed E-state index contributed by atoms with van der Waals surface area (Å²) < 4.78 is 4.81. The van der Waals surface area contributed by atoms with Crippen LogP contribution in [0.2, 0.25) is 0 Å². The van der Waals surface area contributed by atoms with Gasteiger partial charge < -0.3 is 9.84 Å². The van der Waals surface area contributed by atoms with E-state index in [1.54, 1.807) is 13.8 Å². The molecular formula is C8H12O3. The molecule has 3 nitrogen and oxygen atoms in total. The Bertz CT molecular complexity index is 215. The molecule has 0 saturated carbocycles. The Kier molecular flexibility index (Phi) is 1.66. The highest BCUT2D eigenvalue weighted by molar-refractivity contribution is 5.80. The van der Waals surface area contributed by atoms with Crippen LogP contribution in [0, 0.1) is 11.3 Å². The molecule has 0 aliphatic carbocycles. The highest BCUT2D eigenvalue weighted by Gasteiger charge is 2.45. The van der Waals surface area contributed by atoms with E-state index in [9.17, 15) is 4.79 Å². The molecule has 0 amide bonds. The molecule has 11 heavy (non-hydrogen) atoms. The van der Waals surface area contributed by atoms with Crippen molar-refractivity contribution in [2.75, 3.05) is 0 Å². The first-order chi connectivity index (χ1) is 5.00. The number of carbonyl (C=O) groups is 1. The van der Waals surface area contributed by atoms with Crippen LogP contribution in [-0.2, 0) is 9.53 Å². The second-order valence-corrected chi connectivity index (χ2v) is 3.36. The van der Waals surface area contributed by atoms with Gasteiger partial charge in [0.05, 0.1) is 5.41 Å². The van der Waals surface area contributed by atoms with E-state index < -0.39 is 5.41 Å². The monoisotopic (exact) mass is 156 g/mol. The van der Waals surface area contributed by atoms with Crippen LogP contribution in [0.4, 0.5) is 0 Å². The van der Waals surface area contributed by atoms with Crippen molar-refractivity contribution in [3.05, 3.63) is 12.0 Å². The second-order valence-electron chi connectivity index (χ2n) is 3.36. The Morgan fingerprint density at radius 3 is 2.36 bits per heavy atom. The van der Waals surface area contributed by atoms with E-state index >= 15 is 0 Å². The fourth-order valence-corrected chi connectivity index (χ4v) is 0.998. The largest absolute Gasteiger partial charge is 0.512 e. The van der Waals surface area contributed by atoms with E-state index in [0.29, 0.717) is 5.76 Å². The summed E-state index contributed by atoms with van der Waals surface area (Å²) in [5, 5.41) is 8.65. The van der Waals surface area contributed by atoms with E-state index in [1.165, 1.54) is 0 Å². The van der Waals surface area contributed by atoms with Crippen molar-refractivity contribution in [3.63, 3.8) is 0 Å². The van der Waals surface area contributed by atoms with Crippen LogP contribution < -0.4 is 0 Å². The Morgan fingerprint density at radius 2 is 2.18 bits per heavy atom. The van der Waals surface area contributed by atoms with Crippen LogP contribution in [0.3, 0.4) is 0 Å². The van der Waals surface area contributed by atoms with E-state index in [1.807, 2.05) is 6.92 Å². The predicted octanol–water partition coefficient (Wildman–Crippen LogP) is 1.60. The molecule has 1 N–H and O–H groups in total. The first-order valence-corrected chi connectivity index (χ1v) is 3.56. The summed E-state index contributed by atoms with van der Waals surface area (Å²) in [5.41, 5.74) is -0.505. The fraction of sp³-hybridized carbons (Fsp3) is 0.625. The molecule has 0 aromatic rings. The number of rotatable bonds is 0. The average Bonchev–Trinajstić information content (AvgIpc) is 2.14. The molecule has 0 aromatic heterocycles. The van der Waals surface area contributed by atoms with Gasteiger partial charge in [0, 0.05) is 5.92 Å². The fourth-order valence-electron chi connectivity index (χ4n) is 0.998. The minimum absolute atomic E-state index is 0.0417. The van der Waals surface area contributed by atoms with Crippen molar-refractivity contribution >= 4 is 5.97 Å². The van der Waals surface area contributed by atoms with Gasteiger partial charge in [-0.25, -0.2) is 0 Å². The summed E-state index contributed by atoms with van der Waals surface area (Å²) in [6.07, 6.45) is 0.858. The van der Waals surface area contributed by atoms with Crippen LogP contribution in [-0.4, -0.2) is 11.1 Å². The van der Waals surface area contributed by atoms with E-state index in [2.05, 4.69) is 0 Å². The third-order valence-electron chi connectivity index (χ3n) is 2.37. The summed E-state index contributed by atoms with van der Waals surface area (Å²) in [6, 6.07) is 0. The molecule has 62 valence electrons. The zero-order chi connectivity index (χ0) is 8.65. The number of esters is 1. The maximum absolute atomic E-state index is 11.1. The molecule has 1 atom stereocenters. The van der Waals surface area contributed by atoms with Gasteiger partial charge in [-0.05, 0) is 13.8 Å². The molecule has 0 unspecified atom stereocenters. The van der Waals surface area contributed by atoms with Gasteiger partial charge >= 0.3 is 5.97 Å². The predicted molar refractivity (Wildman–Crippen MR) is 39.7 cm³/mol. The lowest BCUT2D eigenvalue weighted by atomic mass is 9.82. The molecule has 0 aromatic carbocycles.